The second-order valence-electron chi connectivity index (χ2n) is 8.63. The van der Waals surface area contributed by atoms with E-state index in [1.165, 1.54) is 27.7 Å². The zero-order chi connectivity index (χ0) is 19.3. The summed E-state index contributed by atoms with van der Waals surface area (Å²) in [5, 5.41) is 12.2. The zero-order valence-corrected chi connectivity index (χ0v) is 16.5. The second-order valence-corrected chi connectivity index (χ2v) is 8.63. The number of piperidine rings is 1. The standard InChI is InChI=1S/C25H28N2O/c1-3-12-27-13-11-25(20-8-4-5-10-23(20)28)15-22-19(14-18(25)16-27)24-17(2)7-6-9-21(24)26-22/h3-10,18,26,28H,1,11-16H2,2H3/t18?,25-/m0/s1. The van der Waals surface area contributed by atoms with E-state index in [4.69, 9.17) is 0 Å². The molecular weight excluding hydrogens is 344 g/mol. The molecule has 0 spiro atoms. The van der Waals surface area contributed by atoms with Crippen LogP contribution in [0.1, 0.15) is 28.8 Å². The number of H-pyrrole nitrogens is 1. The Hall–Kier alpha value is -2.52. The van der Waals surface area contributed by atoms with Crippen molar-refractivity contribution in [1.29, 1.82) is 0 Å². The topological polar surface area (TPSA) is 39.3 Å². The Balaban J connectivity index is 1.67. The van der Waals surface area contributed by atoms with Gasteiger partial charge in [0, 0.05) is 40.7 Å². The number of hydrogen-bond donors (Lipinski definition) is 2. The van der Waals surface area contributed by atoms with Gasteiger partial charge in [0.2, 0.25) is 0 Å². The molecule has 144 valence electrons. The summed E-state index contributed by atoms with van der Waals surface area (Å²) in [6.45, 7) is 9.20. The molecule has 0 saturated carbocycles. The Morgan fingerprint density at radius 3 is 2.93 bits per heavy atom. The molecule has 3 heteroatoms. The molecule has 2 aliphatic rings. The largest absolute Gasteiger partial charge is 0.508 e. The normalized spacial score (nSPS) is 24.7. The van der Waals surface area contributed by atoms with Crippen LogP contribution in [0.2, 0.25) is 0 Å². The molecule has 0 radical (unpaired) electrons. The Kier molecular flexibility index (Phi) is 4.09. The van der Waals surface area contributed by atoms with Crippen LogP contribution in [0.5, 0.6) is 5.75 Å². The van der Waals surface area contributed by atoms with E-state index >= 15 is 0 Å². The van der Waals surface area contributed by atoms with Crippen LogP contribution in [0.15, 0.2) is 55.1 Å². The van der Waals surface area contributed by atoms with Crippen LogP contribution in [0.4, 0.5) is 0 Å². The molecular formula is C25H28N2O. The van der Waals surface area contributed by atoms with Gasteiger partial charge >= 0.3 is 0 Å². The zero-order valence-electron chi connectivity index (χ0n) is 16.5. The van der Waals surface area contributed by atoms with Crippen molar-refractivity contribution in [2.75, 3.05) is 19.6 Å². The maximum atomic E-state index is 10.8. The first-order valence-electron chi connectivity index (χ1n) is 10.3. The van der Waals surface area contributed by atoms with Gasteiger partial charge in [0.15, 0.2) is 0 Å². The van der Waals surface area contributed by atoms with Crippen molar-refractivity contribution in [3.05, 3.63) is 77.5 Å². The van der Waals surface area contributed by atoms with Gasteiger partial charge in [-0.15, -0.1) is 6.58 Å². The number of aromatic hydroxyl groups is 1. The summed E-state index contributed by atoms with van der Waals surface area (Å²) in [6.07, 6.45) is 5.11. The lowest BCUT2D eigenvalue weighted by Gasteiger charge is -2.51. The fraction of sp³-hybridized carbons (Fsp3) is 0.360. The number of aromatic nitrogens is 1. The van der Waals surface area contributed by atoms with Crippen molar-refractivity contribution >= 4 is 10.9 Å². The highest BCUT2D eigenvalue weighted by Crippen LogP contribution is 2.51. The highest BCUT2D eigenvalue weighted by Gasteiger charge is 2.49. The third-order valence-corrected chi connectivity index (χ3v) is 7.13. The van der Waals surface area contributed by atoms with Gasteiger partial charge in [-0.25, -0.2) is 0 Å². The van der Waals surface area contributed by atoms with E-state index < -0.39 is 0 Å². The SMILES string of the molecule is C=CCN1CC[C@]2(c3ccccc3O)Cc3[nH]c4cccc(C)c4c3CC2C1. The molecule has 0 bridgehead atoms. The Bertz CT molecular complexity index is 1050. The number of fused-ring (bicyclic) bond motifs is 4. The summed E-state index contributed by atoms with van der Waals surface area (Å²) in [5.41, 5.74) is 6.57. The lowest BCUT2D eigenvalue weighted by Crippen LogP contribution is -2.53. The molecule has 28 heavy (non-hydrogen) atoms. The number of hydrogen-bond acceptors (Lipinski definition) is 2. The monoisotopic (exact) mass is 372 g/mol. The minimum atomic E-state index is -0.00913. The summed E-state index contributed by atoms with van der Waals surface area (Å²) < 4.78 is 0. The van der Waals surface area contributed by atoms with Crippen molar-refractivity contribution in [2.24, 2.45) is 5.92 Å². The maximum Gasteiger partial charge on any atom is 0.119 e. The molecule has 1 fully saturated rings. The molecule has 1 unspecified atom stereocenters. The van der Waals surface area contributed by atoms with Crippen LogP contribution in [-0.2, 0) is 18.3 Å². The molecule has 2 aromatic carbocycles. The molecule has 1 aliphatic heterocycles. The number of nitrogens with one attached hydrogen (secondary N) is 1. The van der Waals surface area contributed by atoms with Gasteiger partial charge in [-0.2, -0.15) is 0 Å². The number of phenols is 1. The number of aromatic amines is 1. The third kappa shape index (κ3) is 2.53. The predicted octanol–water partition coefficient (Wildman–Crippen LogP) is 4.73. The molecule has 1 saturated heterocycles. The third-order valence-electron chi connectivity index (χ3n) is 7.13. The molecule has 1 aromatic heterocycles. The number of para-hydroxylation sites is 1. The van der Waals surface area contributed by atoms with Gasteiger partial charge in [0.05, 0.1) is 0 Å². The van der Waals surface area contributed by atoms with E-state index in [2.05, 4.69) is 53.7 Å². The van der Waals surface area contributed by atoms with Crippen molar-refractivity contribution in [2.45, 2.75) is 31.6 Å². The number of benzene rings is 2. The lowest BCUT2D eigenvalue weighted by molar-refractivity contribution is 0.0879. The molecule has 0 amide bonds. The molecule has 2 heterocycles. The van der Waals surface area contributed by atoms with Crippen molar-refractivity contribution in [3.63, 3.8) is 0 Å². The molecule has 1 aliphatic carbocycles. The van der Waals surface area contributed by atoms with E-state index in [0.717, 1.165) is 44.5 Å². The minimum absolute atomic E-state index is 0.00913. The number of nitrogens with zero attached hydrogens (tertiary/aromatic N) is 1. The summed E-state index contributed by atoms with van der Waals surface area (Å²) in [4.78, 5) is 6.25. The first-order valence-corrected chi connectivity index (χ1v) is 10.3. The summed E-state index contributed by atoms with van der Waals surface area (Å²) in [7, 11) is 0. The quantitative estimate of drug-likeness (QED) is 0.653. The fourth-order valence-electron chi connectivity index (χ4n) is 5.82. The lowest BCUT2D eigenvalue weighted by atomic mass is 9.58. The van der Waals surface area contributed by atoms with E-state index in [1.807, 2.05) is 18.2 Å². The second kappa shape index (κ2) is 6.52. The number of rotatable bonds is 3. The first-order chi connectivity index (χ1) is 13.6. The van der Waals surface area contributed by atoms with Crippen LogP contribution in [0, 0.1) is 12.8 Å². The average Bonchev–Trinajstić information content (AvgIpc) is 3.05. The van der Waals surface area contributed by atoms with Gasteiger partial charge < -0.3 is 10.1 Å². The van der Waals surface area contributed by atoms with E-state index in [0.29, 0.717) is 11.7 Å². The highest BCUT2D eigenvalue weighted by molar-refractivity contribution is 5.88. The van der Waals surface area contributed by atoms with Crippen LogP contribution < -0.4 is 0 Å². The van der Waals surface area contributed by atoms with Crippen LogP contribution in [0.3, 0.4) is 0 Å². The summed E-state index contributed by atoms with van der Waals surface area (Å²) >= 11 is 0. The predicted molar refractivity (Wildman–Crippen MR) is 115 cm³/mol. The molecule has 3 nitrogen and oxygen atoms in total. The van der Waals surface area contributed by atoms with Crippen molar-refractivity contribution in [1.82, 2.24) is 9.88 Å². The summed E-state index contributed by atoms with van der Waals surface area (Å²) in [6, 6.07) is 14.5. The maximum absolute atomic E-state index is 10.8. The minimum Gasteiger partial charge on any atom is -0.508 e. The van der Waals surface area contributed by atoms with Gasteiger partial charge in [-0.05, 0) is 61.9 Å². The van der Waals surface area contributed by atoms with Crippen LogP contribution in [0.25, 0.3) is 10.9 Å². The van der Waals surface area contributed by atoms with Gasteiger partial charge in [-0.1, -0.05) is 36.4 Å². The smallest absolute Gasteiger partial charge is 0.119 e. The van der Waals surface area contributed by atoms with Crippen molar-refractivity contribution in [3.8, 4) is 5.75 Å². The summed E-state index contributed by atoms with van der Waals surface area (Å²) in [5.74, 6) is 0.931. The van der Waals surface area contributed by atoms with E-state index in [1.54, 1.807) is 0 Å². The number of phenolic OH excluding ortho intramolecular Hbond substituents is 1. The van der Waals surface area contributed by atoms with E-state index in [9.17, 15) is 5.11 Å². The van der Waals surface area contributed by atoms with E-state index in [-0.39, 0.29) is 5.41 Å². The van der Waals surface area contributed by atoms with Gasteiger partial charge in [0.25, 0.3) is 0 Å². The molecule has 3 aromatic rings. The molecule has 2 atom stereocenters. The Morgan fingerprint density at radius 2 is 2.11 bits per heavy atom. The fourth-order valence-corrected chi connectivity index (χ4v) is 5.82. The molecule has 5 rings (SSSR count). The Labute approximate surface area is 166 Å². The van der Waals surface area contributed by atoms with Gasteiger partial charge in [0.1, 0.15) is 5.75 Å². The van der Waals surface area contributed by atoms with Gasteiger partial charge in [-0.3, -0.25) is 4.90 Å². The number of likely N-dealkylation sites (tertiary alicyclic amines) is 1. The van der Waals surface area contributed by atoms with Crippen LogP contribution in [-0.4, -0.2) is 34.6 Å². The van der Waals surface area contributed by atoms with Crippen LogP contribution >= 0.6 is 0 Å². The Morgan fingerprint density at radius 1 is 1.25 bits per heavy atom. The highest BCUT2D eigenvalue weighted by atomic mass is 16.3. The first kappa shape index (κ1) is 17.6. The molecule has 2 N–H and O–H groups in total. The number of aryl methyl sites for hydroxylation is 1. The van der Waals surface area contributed by atoms with Crippen molar-refractivity contribution < 1.29 is 5.11 Å². The average molecular weight is 373 g/mol.